The Kier molecular flexibility index (Phi) is 3.80. The molecule has 2 aromatic rings. The maximum Gasteiger partial charge on any atom is 0.221 e. The first kappa shape index (κ1) is 12.8. The van der Waals surface area contributed by atoms with Crippen molar-refractivity contribution >= 4 is 27.5 Å². The number of pyridine rings is 1. The first-order valence-corrected chi connectivity index (χ1v) is 5.95. The van der Waals surface area contributed by atoms with Gasteiger partial charge in [-0.25, -0.2) is 9.37 Å². The normalized spacial score (nSPS) is 9.89. The third kappa shape index (κ3) is 3.19. The fraction of sp³-hybridized carbons (Fsp3) is 0. The molecule has 18 heavy (non-hydrogen) atoms. The molecule has 90 valence electrons. The molecule has 1 aromatic heterocycles. The van der Waals surface area contributed by atoms with Crippen molar-refractivity contribution in [3.63, 3.8) is 0 Å². The first-order valence-electron chi connectivity index (χ1n) is 4.78. The van der Waals surface area contributed by atoms with E-state index in [-0.39, 0.29) is 16.8 Å². The van der Waals surface area contributed by atoms with Crippen LogP contribution in [0.15, 0.2) is 34.8 Å². The molecule has 0 N–H and O–H groups in total. The van der Waals surface area contributed by atoms with Crippen LogP contribution in [0.2, 0.25) is 5.15 Å². The van der Waals surface area contributed by atoms with Crippen molar-refractivity contribution in [3.8, 4) is 17.7 Å². The minimum atomic E-state index is -0.443. The van der Waals surface area contributed by atoms with Gasteiger partial charge in [0, 0.05) is 16.6 Å². The fourth-order valence-corrected chi connectivity index (χ4v) is 1.94. The lowest BCUT2D eigenvalue weighted by atomic mass is 10.3. The van der Waals surface area contributed by atoms with Crippen molar-refractivity contribution < 1.29 is 9.13 Å². The summed E-state index contributed by atoms with van der Waals surface area (Å²) in [5.41, 5.74) is 0.320. The topological polar surface area (TPSA) is 45.9 Å². The molecule has 1 aromatic carbocycles. The Morgan fingerprint density at radius 1 is 1.28 bits per heavy atom. The number of rotatable bonds is 2. The van der Waals surface area contributed by atoms with E-state index in [2.05, 4.69) is 20.9 Å². The second-order valence-corrected chi connectivity index (χ2v) is 4.64. The van der Waals surface area contributed by atoms with E-state index in [0.717, 1.165) is 0 Å². The van der Waals surface area contributed by atoms with Gasteiger partial charge in [-0.2, -0.15) is 5.26 Å². The van der Waals surface area contributed by atoms with Crippen LogP contribution in [0.1, 0.15) is 5.56 Å². The van der Waals surface area contributed by atoms with E-state index >= 15 is 0 Å². The second-order valence-electron chi connectivity index (χ2n) is 3.34. The minimum absolute atomic E-state index is 0.136. The molecule has 0 spiro atoms. The van der Waals surface area contributed by atoms with Crippen molar-refractivity contribution in [3.05, 3.63) is 51.3 Å². The zero-order valence-electron chi connectivity index (χ0n) is 8.82. The summed E-state index contributed by atoms with van der Waals surface area (Å²) >= 11 is 8.88. The van der Waals surface area contributed by atoms with Crippen LogP contribution in [0, 0.1) is 17.1 Å². The lowest BCUT2D eigenvalue weighted by Gasteiger charge is -2.06. The Bertz CT molecular complexity index is 622. The van der Waals surface area contributed by atoms with Crippen LogP contribution in [-0.4, -0.2) is 4.98 Å². The van der Waals surface area contributed by atoms with E-state index in [9.17, 15) is 4.39 Å². The summed E-state index contributed by atoms with van der Waals surface area (Å²) in [6.07, 6.45) is 0. The van der Waals surface area contributed by atoms with E-state index in [4.69, 9.17) is 21.6 Å². The molecule has 2 rings (SSSR count). The highest BCUT2D eigenvalue weighted by atomic mass is 79.9. The number of hydrogen-bond donors (Lipinski definition) is 0. The van der Waals surface area contributed by atoms with Gasteiger partial charge in [0.15, 0.2) is 0 Å². The molecule has 0 saturated carbocycles. The fourth-order valence-electron chi connectivity index (χ4n) is 1.30. The number of ether oxygens (including phenoxy) is 1. The summed E-state index contributed by atoms with van der Waals surface area (Å²) in [6.45, 7) is 0. The summed E-state index contributed by atoms with van der Waals surface area (Å²) < 4.78 is 19.0. The van der Waals surface area contributed by atoms with E-state index in [1.807, 2.05) is 6.07 Å². The van der Waals surface area contributed by atoms with Gasteiger partial charge in [-0.3, -0.25) is 0 Å². The van der Waals surface area contributed by atoms with Crippen LogP contribution in [0.4, 0.5) is 4.39 Å². The molecular formula is C12H5BrClFN2O. The molecule has 1 heterocycles. The zero-order chi connectivity index (χ0) is 13.1. The highest BCUT2D eigenvalue weighted by Crippen LogP contribution is 2.26. The van der Waals surface area contributed by atoms with E-state index in [1.165, 1.54) is 24.3 Å². The molecular weight excluding hydrogens is 322 g/mol. The second kappa shape index (κ2) is 5.34. The summed E-state index contributed by atoms with van der Waals surface area (Å²) in [5, 5.41) is 8.92. The van der Waals surface area contributed by atoms with Gasteiger partial charge < -0.3 is 4.74 Å². The molecule has 0 aliphatic rings. The molecule has 0 bridgehead atoms. The Morgan fingerprint density at radius 3 is 2.72 bits per heavy atom. The molecule has 0 aliphatic carbocycles. The van der Waals surface area contributed by atoms with Crippen molar-refractivity contribution in [1.29, 1.82) is 5.26 Å². The average molecular weight is 328 g/mol. The van der Waals surface area contributed by atoms with Gasteiger partial charge in [0.05, 0.1) is 11.6 Å². The highest BCUT2D eigenvalue weighted by Gasteiger charge is 2.05. The Labute approximate surface area is 116 Å². The maximum absolute atomic E-state index is 13.1. The van der Waals surface area contributed by atoms with Gasteiger partial charge in [-0.05, 0) is 18.2 Å². The number of aromatic nitrogens is 1. The third-order valence-electron chi connectivity index (χ3n) is 1.96. The van der Waals surface area contributed by atoms with Crippen molar-refractivity contribution in [2.24, 2.45) is 0 Å². The number of hydrogen-bond acceptors (Lipinski definition) is 3. The molecule has 6 heteroatoms. The smallest absolute Gasteiger partial charge is 0.221 e. The molecule has 0 radical (unpaired) electrons. The van der Waals surface area contributed by atoms with Crippen molar-refractivity contribution in [2.75, 3.05) is 0 Å². The van der Waals surface area contributed by atoms with Crippen LogP contribution in [0.25, 0.3) is 0 Å². The Hall–Kier alpha value is -1.64. The van der Waals surface area contributed by atoms with E-state index < -0.39 is 5.82 Å². The lowest BCUT2D eigenvalue weighted by molar-refractivity contribution is 0.457. The van der Waals surface area contributed by atoms with Crippen LogP contribution in [-0.2, 0) is 0 Å². The van der Waals surface area contributed by atoms with Crippen LogP contribution in [0.5, 0.6) is 11.6 Å². The van der Waals surface area contributed by atoms with Crippen molar-refractivity contribution in [1.82, 2.24) is 4.98 Å². The first-order chi connectivity index (χ1) is 8.56. The zero-order valence-corrected chi connectivity index (χ0v) is 11.2. The standard InChI is InChI=1S/C12H5BrClFN2O/c13-8-3-9(15)5-10(4-8)18-12-2-7(6-16)1-11(14)17-12/h1-5H. The largest absolute Gasteiger partial charge is 0.439 e. The average Bonchev–Trinajstić information content (AvgIpc) is 2.26. The maximum atomic E-state index is 13.1. The third-order valence-corrected chi connectivity index (χ3v) is 2.61. The van der Waals surface area contributed by atoms with E-state index in [0.29, 0.717) is 10.0 Å². The van der Waals surface area contributed by atoms with Gasteiger partial charge in [0.2, 0.25) is 5.88 Å². The van der Waals surface area contributed by atoms with Crippen LogP contribution < -0.4 is 4.74 Å². The van der Waals surface area contributed by atoms with Gasteiger partial charge in [0.1, 0.15) is 16.7 Å². The molecule has 0 fully saturated rings. The summed E-state index contributed by atoms with van der Waals surface area (Å²) in [6, 6.07) is 8.86. The summed E-state index contributed by atoms with van der Waals surface area (Å²) in [5.74, 6) is -0.0426. The molecule has 3 nitrogen and oxygen atoms in total. The van der Waals surface area contributed by atoms with Gasteiger partial charge >= 0.3 is 0 Å². The number of benzene rings is 1. The molecule has 0 amide bonds. The van der Waals surface area contributed by atoms with Crippen LogP contribution in [0.3, 0.4) is 0 Å². The highest BCUT2D eigenvalue weighted by molar-refractivity contribution is 9.10. The van der Waals surface area contributed by atoms with Gasteiger partial charge in [0.25, 0.3) is 0 Å². The Morgan fingerprint density at radius 2 is 2.06 bits per heavy atom. The lowest BCUT2D eigenvalue weighted by Crippen LogP contribution is -1.90. The van der Waals surface area contributed by atoms with Crippen molar-refractivity contribution in [2.45, 2.75) is 0 Å². The monoisotopic (exact) mass is 326 g/mol. The van der Waals surface area contributed by atoms with Crippen LogP contribution >= 0.6 is 27.5 Å². The van der Waals surface area contributed by atoms with E-state index in [1.54, 1.807) is 6.07 Å². The predicted molar refractivity (Wildman–Crippen MR) is 68.1 cm³/mol. The number of nitriles is 1. The molecule has 0 atom stereocenters. The summed E-state index contributed by atoms with van der Waals surface area (Å²) in [7, 11) is 0. The molecule has 0 aliphatic heterocycles. The number of nitrogens with zero attached hydrogens (tertiary/aromatic N) is 2. The summed E-state index contributed by atoms with van der Waals surface area (Å²) in [4.78, 5) is 3.89. The Balaban J connectivity index is 2.34. The van der Waals surface area contributed by atoms with Gasteiger partial charge in [-0.1, -0.05) is 27.5 Å². The number of halogens is 3. The predicted octanol–water partition coefficient (Wildman–Crippen LogP) is 4.30. The quantitative estimate of drug-likeness (QED) is 0.773. The SMILES string of the molecule is N#Cc1cc(Cl)nc(Oc2cc(F)cc(Br)c2)c1. The minimum Gasteiger partial charge on any atom is -0.439 e. The van der Waals surface area contributed by atoms with Gasteiger partial charge in [-0.15, -0.1) is 0 Å². The molecule has 0 unspecified atom stereocenters. The molecule has 0 saturated heterocycles.